The number of ether oxygens (including phenoxy) is 2. The van der Waals surface area contributed by atoms with E-state index in [1.165, 1.54) is 19.2 Å². The Hall–Kier alpha value is -2.69. The number of rotatable bonds is 9. The van der Waals surface area contributed by atoms with Crippen molar-refractivity contribution in [3.05, 3.63) is 52.6 Å². The van der Waals surface area contributed by atoms with Gasteiger partial charge in [0, 0.05) is 25.2 Å². The topological polar surface area (TPSA) is 111 Å². The Morgan fingerprint density at radius 2 is 1.85 bits per heavy atom. The number of sulfonamides is 1. The van der Waals surface area contributed by atoms with Crippen LogP contribution in [0, 0.1) is 10.1 Å². The van der Waals surface area contributed by atoms with Gasteiger partial charge in [0.15, 0.2) is 0 Å². The van der Waals surface area contributed by atoms with Crippen LogP contribution >= 0.6 is 0 Å². The maximum Gasteiger partial charge on any atom is 0.312 e. The van der Waals surface area contributed by atoms with E-state index in [0.717, 1.165) is 6.07 Å². The van der Waals surface area contributed by atoms with Crippen LogP contribution in [0.25, 0.3) is 0 Å². The third kappa shape index (κ3) is 5.64. The molecule has 0 aliphatic rings. The zero-order chi connectivity index (χ0) is 20.0. The highest BCUT2D eigenvalue weighted by molar-refractivity contribution is 7.89. The normalized spacial score (nSPS) is 11.4. The van der Waals surface area contributed by atoms with Crippen LogP contribution in [0.3, 0.4) is 0 Å². The van der Waals surface area contributed by atoms with Gasteiger partial charge < -0.3 is 14.4 Å². The summed E-state index contributed by atoms with van der Waals surface area (Å²) in [5.41, 5.74) is -0.451. The summed E-state index contributed by atoms with van der Waals surface area (Å²) in [6.07, 6.45) is 0. The average Bonchev–Trinajstić information content (AvgIpc) is 2.61. The van der Waals surface area contributed by atoms with Crippen molar-refractivity contribution in [3.63, 3.8) is 0 Å². The van der Waals surface area contributed by atoms with E-state index in [4.69, 9.17) is 9.47 Å². The van der Waals surface area contributed by atoms with E-state index in [9.17, 15) is 18.5 Å². The lowest BCUT2D eigenvalue weighted by Crippen LogP contribution is -2.31. The number of hydrogen-bond donors (Lipinski definition) is 1. The fraction of sp³-hybridized carbons (Fsp3) is 0.294. The van der Waals surface area contributed by atoms with Crippen LogP contribution in [-0.4, -0.2) is 52.5 Å². The standard InChI is InChI=1S/C17H21N3O6S/c1-19(2)10-9-18-27(23,24)15-7-8-17(16(12-15)20(21)22)26-14-6-4-5-13(11-14)25-3/h4-8,11-12,18H,9-10H2,1-3H3. The van der Waals surface area contributed by atoms with Crippen LogP contribution in [0.2, 0.25) is 0 Å². The first-order valence-electron chi connectivity index (χ1n) is 7.97. The molecule has 0 unspecified atom stereocenters. The molecule has 2 rings (SSSR count). The van der Waals surface area contributed by atoms with Crippen molar-refractivity contribution in [2.24, 2.45) is 0 Å². The molecule has 0 spiro atoms. The number of benzene rings is 2. The second-order valence-corrected chi connectivity index (χ2v) is 7.64. The van der Waals surface area contributed by atoms with Crippen LogP contribution in [0.4, 0.5) is 5.69 Å². The predicted molar refractivity (Wildman–Crippen MR) is 99.9 cm³/mol. The van der Waals surface area contributed by atoms with E-state index >= 15 is 0 Å². The molecule has 10 heteroatoms. The second kappa shape index (κ2) is 8.80. The van der Waals surface area contributed by atoms with Crippen molar-refractivity contribution in [2.75, 3.05) is 34.3 Å². The van der Waals surface area contributed by atoms with Gasteiger partial charge in [-0.25, -0.2) is 13.1 Å². The molecular weight excluding hydrogens is 374 g/mol. The van der Waals surface area contributed by atoms with Gasteiger partial charge in [0.25, 0.3) is 0 Å². The van der Waals surface area contributed by atoms with E-state index in [1.54, 1.807) is 24.3 Å². The van der Waals surface area contributed by atoms with Crippen LogP contribution < -0.4 is 14.2 Å². The van der Waals surface area contributed by atoms with Crippen molar-refractivity contribution < 1.29 is 22.8 Å². The number of nitro groups is 1. The lowest BCUT2D eigenvalue weighted by atomic mass is 10.3. The lowest BCUT2D eigenvalue weighted by Gasteiger charge is -2.12. The Balaban J connectivity index is 2.29. The van der Waals surface area contributed by atoms with Crippen LogP contribution in [0.1, 0.15) is 0 Å². The molecule has 0 fully saturated rings. The van der Waals surface area contributed by atoms with Gasteiger partial charge in [-0.3, -0.25) is 10.1 Å². The number of methoxy groups -OCH3 is 1. The molecule has 2 aromatic rings. The maximum absolute atomic E-state index is 12.3. The first-order chi connectivity index (χ1) is 12.7. The van der Waals surface area contributed by atoms with Crippen molar-refractivity contribution in [2.45, 2.75) is 4.90 Å². The predicted octanol–water partition coefficient (Wildman–Crippen LogP) is 2.24. The highest BCUT2D eigenvalue weighted by Gasteiger charge is 2.22. The quantitative estimate of drug-likeness (QED) is 0.512. The molecule has 0 saturated heterocycles. The van der Waals surface area contributed by atoms with Crippen molar-refractivity contribution >= 4 is 15.7 Å². The largest absolute Gasteiger partial charge is 0.497 e. The minimum Gasteiger partial charge on any atom is -0.497 e. The number of nitro benzene ring substituents is 1. The molecule has 0 aliphatic carbocycles. The van der Waals surface area contributed by atoms with Gasteiger partial charge in [0.2, 0.25) is 15.8 Å². The first-order valence-corrected chi connectivity index (χ1v) is 9.46. The smallest absolute Gasteiger partial charge is 0.312 e. The second-order valence-electron chi connectivity index (χ2n) is 5.87. The number of likely N-dealkylation sites (N-methyl/N-ethyl adjacent to an activating group) is 1. The van der Waals surface area contributed by atoms with E-state index in [2.05, 4.69) is 4.72 Å². The van der Waals surface area contributed by atoms with Gasteiger partial charge in [-0.1, -0.05) is 6.07 Å². The molecule has 0 amide bonds. The minimum absolute atomic E-state index is 0.0690. The van der Waals surface area contributed by atoms with Crippen molar-refractivity contribution in [3.8, 4) is 17.2 Å². The summed E-state index contributed by atoms with van der Waals surface area (Å²) in [5.74, 6) is 0.789. The molecule has 0 heterocycles. The summed E-state index contributed by atoms with van der Waals surface area (Å²) >= 11 is 0. The number of hydrogen-bond acceptors (Lipinski definition) is 7. The highest BCUT2D eigenvalue weighted by Crippen LogP contribution is 2.34. The van der Waals surface area contributed by atoms with Crippen molar-refractivity contribution in [1.29, 1.82) is 0 Å². The van der Waals surface area contributed by atoms with E-state index in [-0.39, 0.29) is 17.2 Å². The van der Waals surface area contributed by atoms with Gasteiger partial charge in [-0.2, -0.15) is 0 Å². The van der Waals surface area contributed by atoms with Gasteiger partial charge in [0.05, 0.1) is 16.9 Å². The summed E-state index contributed by atoms with van der Waals surface area (Å²) < 4.78 is 37.7. The molecule has 1 N–H and O–H groups in total. The molecule has 0 aromatic heterocycles. The Labute approximate surface area is 157 Å². The summed E-state index contributed by atoms with van der Waals surface area (Å²) in [5, 5.41) is 11.4. The Bertz CT molecular complexity index is 915. The Kier molecular flexibility index (Phi) is 6.72. The molecular formula is C17H21N3O6S. The molecule has 2 aromatic carbocycles. The van der Waals surface area contributed by atoms with Crippen molar-refractivity contribution in [1.82, 2.24) is 9.62 Å². The van der Waals surface area contributed by atoms with Gasteiger partial charge in [0.1, 0.15) is 11.5 Å². The average molecular weight is 395 g/mol. The third-order valence-corrected chi connectivity index (χ3v) is 5.02. The third-order valence-electron chi connectivity index (χ3n) is 3.56. The lowest BCUT2D eigenvalue weighted by molar-refractivity contribution is -0.385. The minimum atomic E-state index is -3.87. The molecule has 0 atom stereocenters. The summed E-state index contributed by atoms with van der Waals surface area (Å²) in [6, 6.07) is 10.1. The fourth-order valence-corrected chi connectivity index (χ4v) is 3.21. The summed E-state index contributed by atoms with van der Waals surface area (Å²) in [6.45, 7) is 0.684. The van der Waals surface area contributed by atoms with E-state index in [1.807, 2.05) is 19.0 Å². The monoisotopic (exact) mass is 395 g/mol. The SMILES string of the molecule is COc1cccc(Oc2ccc(S(=O)(=O)NCCN(C)C)cc2[N+](=O)[O-])c1. The number of nitrogens with zero attached hydrogens (tertiary/aromatic N) is 2. The molecule has 27 heavy (non-hydrogen) atoms. The van der Waals surface area contributed by atoms with Gasteiger partial charge in [-0.15, -0.1) is 0 Å². The van der Waals surface area contributed by atoms with E-state index in [0.29, 0.717) is 18.0 Å². The first kappa shape index (κ1) is 20.6. The van der Waals surface area contributed by atoms with Crippen LogP contribution in [0.15, 0.2) is 47.4 Å². The molecule has 0 bridgehead atoms. The molecule has 0 saturated carbocycles. The van der Waals surface area contributed by atoms with E-state index < -0.39 is 20.6 Å². The molecule has 9 nitrogen and oxygen atoms in total. The Morgan fingerprint density at radius 1 is 1.15 bits per heavy atom. The fourth-order valence-electron chi connectivity index (χ4n) is 2.17. The zero-order valence-corrected chi connectivity index (χ0v) is 16.0. The maximum atomic E-state index is 12.3. The molecule has 0 aliphatic heterocycles. The summed E-state index contributed by atoms with van der Waals surface area (Å²) in [4.78, 5) is 12.3. The Morgan fingerprint density at radius 3 is 2.48 bits per heavy atom. The molecule has 146 valence electrons. The van der Waals surface area contributed by atoms with Gasteiger partial charge >= 0.3 is 5.69 Å². The summed E-state index contributed by atoms with van der Waals surface area (Å²) in [7, 11) is 1.24. The van der Waals surface area contributed by atoms with Gasteiger partial charge in [-0.05, 0) is 38.4 Å². The molecule has 0 radical (unpaired) electrons. The number of nitrogens with one attached hydrogen (secondary N) is 1. The highest BCUT2D eigenvalue weighted by atomic mass is 32.2. The van der Waals surface area contributed by atoms with Crippen LogP contribution in [0.5, 0.6) is 17.2 Å². The van der Waals surface area contributed by atoms with Crippen LogP contribution in [-0.2, 0) is 10.0 Å². The zero-order valence-electron chi connectivity index (χ0n) is 15.2.